The second-order valence-electron chi connectivity index (χ2n) is 4.56. The Balaban J connectivity index is 2.07. The van der Waals surface area contributed by atoms with Crippen LogP contribution in [0.4, 0.5) is 0 Å². The molecule has 1 aliphatic heterocycles. The van der Waals surface area contributed by atoms with Gasteiger partial charge in [0.2, 0.25) is 0 Å². The predicted octanol–water partition coefficient (Wildman–Crippen LogP) is 2.81. The highest BCUT2D eigenvalue weighted by Crippen LogP contribution is 2.18. The number of hydrogen-bond acceptors (Lipinski definition) is 3. The Kier molecular flexibility index (Phi) is 3.77. The molecule has 1 aliphatic rings. The van der Waals surface area contributed by atoms with Crippen molar-refractivity contribution in [1.82, 2.24) is 14.9 Å². The maximum Gasteiger partial charge on any atom is 0.144 e. The highest BCUT2D eigenvalue weighted by molar-refractivity contribution is 6.29. The zero-order valence-corrected chi connectivity index (χ0v) is 10.7. The SMILES string of the molecule is Cc1cc(Cl)nc(CN2CCCCC2C)n1. The molecule has 2 heterocycles. The smallest absolute Gasteiger partial charge is 0.144 e. The first kappa shape index (κ1) is 11.8. The van der Waals surface area contributed by atoms with Crippen LogP contribution in [0.15, 0.2) is 6.07 Å². The molecule has 1 atom stereocenters. The van der Waals surface area contributed by atoms with E-state index in [0.29, 0.717) is 11.2 Å². The van der Waals surface area contributed by atoms with Gasteiger partial charge in [0.25, 0.3) is 0 Å². The molecule has 0 saturated carbocycles. The van der Waals surface area contributed by atoms with Crippen LogP contribution >= 0.6 is 11.6 Å². The molecule has 1 fully saturated rings. The van der Waals surface area contributed by atoms with Gasteiger partial charge in [-0.15, -0.1) is 0 Å². The molecular formula is C12H18ClN3. The normalized spacial score (nSPS) is 22.3. The lowest BCUT2D eigenvalue weighted by Crippen LogP contribution is -2.37. The minimum atomic E-state index is 0.548. The Bertz CT molecular complexity index is 347. The van der Waals surface area contributed by atoms with Gasteiger partial charge in [0, 0.05) is 11.7 Å². The summed E-state index contributed by atoms with van der Waals surface area (Å²) in [5, 5.41) is 0.548. The first-order valence-electron chi connectivity index (χ1n) is 5.89. The maximum atomic E-state index is 5.93. The van der Waals surface area contributed by atoms with E-state index in [1.54, 1.807) is 6.07 Å². The Morgan fingerprint density at radius 2 is 2.25 bits per heavy atom. The van der Waals surface area contributed by atoms with Crippen LogP contribution < -0.4 is 0 Å². The van der Waals surface area contributed by atoms with E-state index in [1.165, 1.54) is 19.3 Å². The zero-order valence-electron chi connectivity index (χ0n) is 9.91. The number of hydrogen-bond donors (Lipinski definition) is 0. The third kappa shape index (κ3) is 2.92. The largest absolute Gasteiger partial charge is 0.293 e. The molecular weight excluding hydrogens is 222 g/mol. The van der Waals surface area contributed by atoms with Crippen molar-refractivity contribution in [3.05, 3.63) is 22.7 Å². The summed E-state index contributed by atoms with van der Waals surface area (Å²) in [7, 11) is 0. The summed E-state index contributed by atoms with van der Waals surface area (Å²) in [5.41, 5.74) is 0.944. The van der Waals surface area contributed by atoms with Crippen molar-refractivity contribution in [3.8, 4) is 0 Å². The van der Waals surface area contributed by atoms with Crippen LogP contribution in [0.3, 0.4) is 0 Å². The number of nitrogens with zero attached hydrogens (tertiary/aromatic N) is 3. The molecule has 88 valence electrons. The molecule has 1 saturated heterocycles. The van der Waals surface area contributed by atoms with E-state index < -0.39 is 0 Å². The van der Waals surface area contributed by atoms with Crippen molar-refractivity contribution in [3.63, 3.8) is 0 Å². The number of rotatable bonds is 2. The quantitative estimate of drug-likeness (QED) is 0.744. The average Bonchev–Trinajstić information content (AvgIpc) is 2.20. The fraction of sp³-hybridized carbons (Fsp3) is 0.667. The Morgan fingerprint density at radius 3 is 2.94 bits per heavy atom. The first-order chi connectivity index (χ1) is 7.65. The van der Waals surface area contributed by atoms with E-state index in [1.807, 2.05) is 6.92 Å². The Morgan fingerprint density at radius 1 is 1.44 bits per heavy atom. The predicted molar refractivity (Wildman–Crippen MR) is 65.5 cm³/mol. The summed E-state index contributed by atoms with van der Waals surface area (Å²) in [6.07, 6.45) is 3.90. The lowest BCUT2D eigenvalue weighted by atomic mass is 10.0. The van der Waals surface area contributed by atoms with E-state index in [0.717, 1.165) is 24.6 Å². The fourth-order valence-corrected chi connectivity index (χ4v) is 2.49. The highest BCUT2D eigenvalue weighted by atomic mass is 35.5. The van der Waals surface area contributed by atoms with Gasteiger partial charge in [-0.05, 0) is 39.3 Å². The maximum absolute atomic E-state index is 5.93. The zero-order chi connectivity index (χ0) is 11.5. The molecule has 1 unspecified atom stereocenters. The number of aromatic nitrogens is 2. The van der Waals surface area contributed by atoms with Crippen molar-refractivity contribution in [2.75, 3.05) is 6.54 Å². The van der Waals surface area contributed by atoms with Crippen molar-refractivity contribution in [2.45, 2.75) is 45.7 Å². The molecule has 16 heavy (non-hydrogen) atoms. The van der Waals surface area contributed by atoms with Crippen LogP contribution in [0.2, 0.25) is 5.15 Å². The molecule has 0 spiro atoms. The van der Waals surface area contributed by atoms with E-state index >= 15 is 0 Å². The van der Waals surface area contributed by atoms with Crippen LogP contribution in [0.1, 0.15) is 37.7 Å². The molecule has 0 bridgehead atoms. The third-order valence-electron chi connectivity index (χ3n) is 3.15. The second kappa shape index (κ2) is 5.11. The van der Waals surface area contributed by atoms with E-state index in [4.69, 9.17) is 11.6 Å². The van der Waals surface area contributed by atoms with Crippen molar-refractivity contribution in [2.24, 2.45) is 0 Å². The molecule has 0 radical (unpaired) electrons. The van der Waals surface area contributed by atoms with Gasteiger partial charge in [0.05, 0.1) is 6.54 Å². The van der Waals surface area contributed by atoms with Gasteiger partial charge in [0.15, 0.2) is 0 Å². The van der Waals surface area contributed by atoms with Crippen molar-refractivity contribution in [1.29, 1.82) is 0 Å². The summed E-state index contributed by atoms with van der Waals surface area (Å²) in [6.45, 7) is 6.20. The standard InChI is InChI=1S/C12H18ClN3/c1-9-7-11(13)15-12(14-9)8-16-6-4-3-5-10(16)2/h7,10H,3-6,8H2,1-2H3. The Hall–Kier alpha value is -0.670. The minimum absolute atomic E-state index is 0.548. The lowest BCUT2D eigenvalue weighted by molar-refractivity contribution is 0.149. The molecule has 0 N–H and O–H groups in total. The molecule has 4 heteroatoms. The molecule has 2 rings (SSSR count). The molecule has 0 amide bonds. The molecule has 1 aromatic heterocycles. The van der Waals surface area contributed by atoms with Gasteiger partial charge in [-0.25, -0.2) is 9.97 Å². The topological polar surface area (TPSA) is 29.0 Å². The molecule has 0 aliphatic carbocycles. The van der Waals surface area contributed by atoms with Crippen molar-refractivity contribution < 1.29 is 0 Å². The molecule has 3 nitrogen and oxygen atoms in total. The summed E-state index contributed by atoms with van der Waals surface area (Å²) in [4.78, 5) is 11.1. The number of piperidine rings is 1. The number of likely N-dealkylation sites (tertiary alicyclic amines) is 1. The van der Waals surface area contributed by atoms with Gasteiger partial charge >= 0.3 is 0 Å². The van der Waals surface area contributed by atoms with Gasteiger partial charge in [-0.3, -0.25) is 4.90 Å². The van der Waals surface area contributed by atoms with Gasteiger partial charge in [0.1, 0.15) is 11.0 Å². The van der Waals surface area contributed by atoms with E-state index in [2.05, 4.69) is 21.8 Å². The monoisotopic (exact) mass is 239 g/mol. The average molecular weight is 240 g/mol. The number of halogens is 1. The van der Waals surface area contributed by atoms with Crippen LogP contribution in [-0.2, 0) is 6.54 Å². The van der Waals surface area contributed by atoms with Gasteiger partial charge in [-0.2, -0.15) is 0 Å². The first-order valence-corrected chi connectivity index (χ1v) is 6.27. The second-order valence-corrected chi connectivity index (χ2v) is 4.95. The molecule has 1 aromatic rings. The van der Waals surface area contributed by atoms with Crippen LogP contribution in [0.5, 0.6) is 0 Å². The summed E-state index contributed by atoms with van der Waals surface area (Å²) >= 11 is 5.93. The van der Waals surface area contributed by atoms with Crippen LogP contribution in [0, 0.1) is 6.92 Å². The summed E-state index contributed by atoms with van der Waals surface area (Å²) in [6, 6.07) is 2.43. The van der Waals surface area contributed by atoms with Gasteiger partial charge < -0.3 is 0 Å². The van der Waals surface area contributed by atoms with Crippen LogP contribution in [-0.4, -0.2) is 27.5 Å². The van der Waals surface area contributed by atoms with E-state index in [-0.39, 0.29) is 0 Å². The molecule has 0 aromatic carbocycles. The third-order valence-corrected chi connectivity index (χ3v) is 3.35. The summed E-state index contributed by atoms with van der Waals surface area (Å²) in [5.74, 6) is 0.846. The Labute approximate surface area is 102 Å². The fourth-order valence-electron chi connectivity index (χ4n) is 2.23. The van der Waals surface area contributed by atoms with Gasteiger partial charge in [-0.1, -0.05) is 18.0 Å². The minimum Gasteiger partial charge on any atom is -0.293 e. The van der Waals surface area contributed by atoms with Crippen molar-refractivity contribution >= 4 is 11.6 Å². The number of aryl methyl sites for hydroxylation is 1. The summed E-state index contributed by atoms with van der Waals surface area (Å²) < 4.78 is 0. The lowest BCUT2D eigenvalue weighted by Gasteiger charge is -2.32. The van der Waals surface area contributed by atoms with E-state index in [9.17, 15) is 0 Å². The highest BCUT2D eigenvalue weighted by Gasteiger charge is 2.19. The van der Waals surface area contributed by atoms with Crippen LogP contribution in [0.25, 0.3) is 0 Å².